The molecule has 1 aliphatic heterocycles. The number of hydrogen-bond acceptors (Lipinski definition) is 5. The van der Waals surface area contributed by atoms with Gasteiger partial charge >= 0.3 is 5.97 Å². The summed E-state index contributed by atoms with van der Waals surface area (Å²) in [6.45, 7) is 0. The number of esters is 1. The quantitative estimate of drug-likeness (QED) is 0.801. The molecule has 3 rings (SSSR count). The maximum absolute atomic E-state index is 11.7. The van der Waals surface area contributed by atoms with Gasteiger partial charge < -0.3 is 4.74 Å². The molecule has 2 aromatic heterocycles. The Morgan fingerprint density at radius 1 is 1.63 bits per heavy atom. The molecule has 1 unspecified atom stereocenters. The molecule has 0 amide bonds. The van der Waals surface area contributed by atoms with Gasteiger partial charge in [0.05, 0.1) is 7.11 Å². The summed E-state index contributed by atoms with van der Waals surface area (Å²) in [7, 11) is 1.37. The minimum atomic E-state index is -0.374. The summed E-state index contributed by atoms with van der Waals surface area (Å²) >= 11 is 1.98. The number of thioether (sulfide) groups is 1. The van der Waals surface area contributed by atoms with Crippen molar-refractivity contribution in [2.45, 2.75) is 12.8 Å². The molecule has 0 saturated carbocycles. The first-order valence-electron chi connectivity index (χ1n) is 6.28. The molecule has 5 nitrogen and oxygen atoms in total. The van der Waals surface area contributed by atoms with Crippen LogP contribution in [0, 0.1) is 5.92 Å². The van der Waals surface area contributed by atoms with Crippen LogP contribution in [0.15, 0.2) is 18.3 Å². The maximum Gasteiger partial charge on any atom is 0.341 e. The summed E-state index contributed by atoms with van der Waals surface area (Å²) in [5, 5.41) is 4.44. The Morgan fingerprint density at radius 3 is 3.26 bits per heavy atom. The summed E-state index contributed by atoms with van der Waals surface area (Å²) < 4.78 is 6.42. The highest BCUT2D eigenvalue weighted by Gasteiger charge is 2.20. The molecule has 2 aromatic rings. The zero-order valence-corrected chi connectivity index (χ0v) is 11.5. The lowest BCUT2D eigenvalue weighted by Crippen LogP contribution is -2.04. The van der Waals surface area contributed by atoms with E-state index in [2.05, 4.69) is 10.1 Å². The van der Waals surface area contributed by atoms with Crippen LogP contribution in [0.1, 0.15) is 22.6 Å². The van der Waals surface area contributed by atoms with Gasteiger partial charge in [-0.15, -0.1) is 0 Å². The van der Waals surface area contributed by atoms with E-state index in [4.69, 9.17) is 4.74 Å². The van der Waals surface area contributed by atoms with Crippen molar-refractivity contribution in [3.63, 3.8) is 0 Å². The molecule has 1 atom stereocenters. The van der Waals surface area contributed by atoms with Gasteiger partial charge in [0, 0.05) is 12.6 Å². The Labute approximate surface area is 115 Å². The Bertz CT molecular complexity index is 605. The van der Waals surface area contributed by atoms with Crippen molar-refractivity contribution in [3.8, 4) is 0 Å². The predicted molar refractivity (Wildman–Crippen MR) is 73.5 cm³/mol. The third-order valence-corrected chi connectivity index (χ3v) is 4.54. The number of aromatic nitrogens is 3. The van der Waals surface area contributed by atoms with Gasteiger partial charge in [0.25, 0.3) is 0 Å². The van der Waals surface area contributed by atoms with Crippen LogP contribution in [0.3, 0.4) is 0 Å². The van der Waals surface area contributed by atoms with Crippen LogP contribution in [0.5, 0.6) is 0 Å². The lowest BCUT2D eigenvalue weighted by atomic mass is 10.1. The number of carbonyl (C=O) groups excluding carboxylic acids is 1. The molecule has 3 heterocycles. The van der Waals surface area contributed by atoms with E-state index in [1.54, 1.807) is 16.6 Å². The van der Waals surface area contributed by atoms with Gasteiger partial charge in [0.2, 0.25) is 0 Å². The monoisotopic (exact) mass is 277 g/mol. The van der Waals surface area contributed by atoms with Crippen molar-refractivity contribution < 1.29 is 9.53 Å². The van der Waals surface area contributed by atoms with E-state index in [9.17, 15) is 4.79 Å². The maximum atomic E-state index is 11.7. The average Bonchev–Trinajstić information content (AvgIpc) is 3.06. The minimum Gasteiger partial charge on any atom is -0.465 e. The molecule has 100 valence electrons. The van der Waals surface area contributed by atoms with Gasteiger partial charge in [-0.25, -0.2) is 14.3 Å². The van der Waals surface area contributed by atoms with Crippen LogP contribution in [0.2, 0.25) is 0 Å². The molecule has 0 N–H and O–H groups in total. The van der Waals surface area contributed by atoms with Gasteiger partial charge in [-0.1, -0.05) is 0 Å². The molecule has 0 radical (unpaired) electrons. The van der Waals surface area contributed by atoms with E-state index in [0.29, 0.717) is 17.1 Å². The first-order chi connectivity index (χ1) is 9.28. The molecule has 19 heavy (non-hydrogen) atoms. The van der Waals surface area contributed by atoms with E-state index >= 15 is 0 Å². The van der Waals surface area contributed by atoms with Crippen LogP contribution in [0.4, 0.5) is 0 Å². The molecule has 0 bridgehead atoms. The highest BCUT2D eigenvalue weighted by atomic mass is 32.2. The van der Waals surface area contributed by atoms with E-state index in [1.165, 1.54) is 25.0 Å². The van der Waals surface area contributed by atoms with Crippen molar-refractivity contribution >= 4 is 23.4 Å². The largest absolute Gasteiger partial charge is 0.465 e. The number of carbonyl (C=O) groups is 1. The summed E-state index contributed by atoms with van der Waals surface area (Å²) in [6, 6.07) is 3.49. The molecular formula is C13H15N3O2S. The zero-order chi connectivity index (χ0) is 13.2. The van der Waals surface area contributed by atoms with Crippen LogP contribution < -0.4 is 0 Å². The fourth-order valence-electron chi connectivity index (χ4n) is 2.31. The third kappa shape index (κ3) is 2.45. The second-order valence-corrected chi connectivity index (χ2v) is 5.79. The topological polar surface area (TPSA) is 56.5 Å². The zero-order valence-electron chi connectivity index (χ0n) is 10.7. The van der Waals surface area contributed by atoms with Crippen LogP contribution in [-0.2, 0) is 11.2 Å². The van der Waals surface area contributed by atoms with Gasteiger partial charge in [-0.3, -0.25) is 0 Å². The van der Waals surface area contributed by atoms with Crippen LogP contribution >= 0.6 is 11.8 Å². The molecule has 0 aliphatic carbocycles. The Balaban J connectivity index is 1.93. The molecule has 0 aromatic carbocycles. The predicted octanol–water partition coefficient (Wildman–Crippen LogP) is 1.81. The number of methoxy groups -OCH3 is 1. The number of pyridine rings is 1. The van der Waals surface area contributed by atoms with Crippen molar-refractivity contribution in [1.82, 2.24) is 14.6 Å². The summed E-state index contributed by atoms with van der Waals surface area (Å²) in [6.07, 6.45) is 3.92. The van der Waals surface area contributed by atoms with Crippen molar-refractivity contribution in [2.75, 3.05) is 18.6 Å². The minimum absolute atomic E-state index is 0.374. The molecule has 1 saturated heterocycles. The fourth-order valence-corrected chi connectivity index (χ4v) is 3.59. The lowest BCUT2D eigenvalue weighted by molar-refractivity contribution is 0.0602. The second-order valence-electron chi connectivity index (χ2n) is 4.64. The van der Waals surface area contributed by atoms with E-state index in [0.717, 1.165) is 12.2 Å². The van der Waals surface area contributed by atoms with Crippen molar-refractivity contribution in [1.29, 1.82) is 0 Å². The number of ether oxygens (including phenoxy) is 1. The van der Waals surface area contributed by atoms with E-state index in [1.807, 2.05) is 18.0 Å². The first kappa shape index (κ1) is 12.5. The second kappa shape index (κ2) is 5.21. The van der Waals surface area contributed by atoms with Crippen LogP contribution in [-0.4, -0.2) is 39.2 Å². The van der Waals surface area contributed by atoms with Gasteiger partial charge in [0.15, 0.2) is 11.5 Å². The molecule has 0 spiro atoms. The van der Waals surface area contributed by atoms with Gasteiger partial charge in [-0.2, -0.15) is 16.9 Å². The Kier molecular flexibility index (Phi) is 3.42. The summed E-state index contributed by atoms with van der Waals surface area (Å²) in [4.78, 5) is 16.2. The van der Waals surface area contributed by atoms with E-state index in [-0.39, 0.29) is 5.97 Å². The number of nitrogens with zero attached hydrogens (tertiary/aromatic N) is 3. The average molecular weight is 277 g/mol. The normalized spacial score (nSPS) is 18.9. The van der Waals surface area contributed by atoms with Crippen LogP contribution in [0.25, 0.3) is 5.65 Å². The van der Waals surface area contributed by atoms with Crippen molar-refractivity contribution in [2.24, 2.45) is 5.92 Å². The van der Waals surface area contributed by atoms with E-state index < -0.39 is 0 Å². The molecule has 1 fully saturated rings. The SMILES string of the molecule is COC(=O)c1cccn2nc(CC3CCSC3)nc12. The molecule has 1 aliphatic rings. The lowest BCUT2D eigenvalue weighted by Gasteiger charge is -2.02. The third-order valence-electron chi connectivity index (χ3n) is 3.31. The highest BCUT2D eigenvalue weighted by Crippen LogP contribution is 2.26. The number of hydrogen-bond donors (Lipinski definition) is 0. The molecule has 6 heteroatoms. The Morgan fingerprint density at radius 2 is 2.53 bits per heavy atom. The highest BCUT2D eigenvalue weighted by molar-refractivity contribution is 7.99. The number of rotatable bonds is 3. The first-order valence-corrected chi connectivity index (χ1v) is 7.43. The smallest absolute Gasteiger partial charge is 0.341 e. The summed E-state index contributed by atoms with van der Waals surface area (Å²) in [5.41, 5.74) is 1.04. The van der Waals surface area contributed by atoms with Crippen molar-refractivity contribution in [3.05, 3.63) is 29.7 Å². The summed E-state index contributed by atoms with van der Waals surface area (Å²) in [5.74, 6) is 3.50. The fraction of sp³-hybridized carbons (Fsp3) is 0.462. The van der Waals surface area contributed by atoms with Gasteiger partial charge in [-0.05, 0) is 36.0 Å². The number of fused-ring (bicyclic) bond motifs is 1. The van der Waals surface area contributed by atoms with Gasteiger partial charge in [0.1, 0.15) is 5.56 Å². The standard InChI is InChI=1S/C13H15N3O2S/c1-18-13(17)10-3-2-5-16-12(10)14-11(15-16)7-9-4-6-19-8-9/h2-3,5,9H,4,6-8H2,1H3. The Hall–Kier alpha value is -1.56. The molecular weight excluding hydrogens is 262 g/mol.